The number of halogens is 1. The number of amidine groups is 1. The normalized spacial score (nSPS) is 15.4. The van der Waals surface area contributed by atoms with E-state index in [1.807, 2.05) is 37.3 Å². The molecule has 7 nitrogen and oxygen atoms in total. The molecule has 1 heterocycles. The van der Waals surface area contributed by atoms with Crippen molar-refractivity contribution in [1.82, 2.24) is 4.90 Å². The lowest BCUT2D eigenvalue weighted by atomic mass is 10.1. The molecule has 3 aromatic carbocycles. The highest BCUT2D eigenvalue weighted by Crippen LogP contribution is 2.36. The van der Waals surface area contributed by atoms with Gasteiger partial charge in [-0.25, -0.2) is 9.79 Å². The van der Waals surface area contributed by atoms with Gasteiger partial charge in [-0.05, 0) is 73.3 Å². The summed E-state index contributed by atoms with van der Waals surface area (Å²) in [6.07, 6.45) is 1.77. The van der Waals surface area contributed by atoms with Crippen molar-refractivity contribution in [2.45, 2.75) is 13.5 Å². The van der Waals surface area contributed by atoms with Crippen molar-refractivity contribution in [2.75, 3.05) is 6.54 Å². The number of hydrogen-bond acceptors (Lipinski definition) is 6. The van der Waals surface area contributed by atoms with Crippen LogP contribution in [0.2, 0.25) is 0 Å². The molecular weight excluding hydrogens is 542 g/mol. The van der Waals surface area contributed by atoms with E-state index >= 15 is 0 Å². The molecule has 0 aromatic heterocycles. The summed E-state index contributed by atoms with van der Waals surface area (Å²) < 4.78 is 6.87. The van der Waals surface area contributed by atoms with Crippen molar-refractivity contribution in [3.63, 3.8) is 0 Å². The Morgan fingerprint density at radius 3 is 2.64 bits per heavy atom. The Morgan fingerprint density at radius 1 is 1.19 bits per heavy atom. The first kappa shape index (κ1) is 25.2. The summed E-state index contributed by atoms with van der Waals surface area (Å²) in [5.74, 6) is -0.614. The summed E-state index contributed by atoms with van der Waals surface area (Å²) in [6, 6.07) is 21.1. The molecule has 1 saturated heterocycles. The number of carbonyl (C=O) groups is 2. The van der Waals surface area contributed by atoms with Crippen LogP contribution >= 0.6 is 27.7 Å². The number of amides is 1. The van der Waals surface area contributed by atoms with Crippen LogP contribution in [0.1, 0.15) is 34.0 Å². The third-order valence-corrected chi connectivity index (χ3v) is 6.82. The van der Waals surface area contributed by atoms with Gasteiger partial charge in [-0.1, -0.05) is 34.1 Å². The molecule has 0 aliphatic carbocycles. The van der Waals surface area contributed by atoms with Gasteiger partial charge in [0, 0.05) is 22.1 Å². The highest BCUT2D eigenvalue weighted by Gasteiger charge is 2.32. The van der Waals surface area contributed by atoms with E-state index in [0.29, 0.717) is 39.2 Å². The molecule has 3 aromatic rings. The third-order valence-electron chi connectivity index (χ3n) is 5.32. The van der Waals surface area contributed by atoms with Gasteiger partial charge in [0.05, 0.1) is 27.8 Å². The molecule has 1 aliphatic rings. The van der Waals surface area contributed by atoms with Crippen molar-refractivity contribution in [3.8, 4) is 11.8 Å². The molecule has 0 spiro atoms. The number of nitrogens with zero attached hydrogens (tertiary/aromatic N) is 3. The van der Waals surface area contributed by atoms with E-state index in [1.165, 1.54) is 23.9 Å². The first-order valence-corrected chi connectivity index (χ1v) is 12.5. The fourth-order valence-corrected chi connectivity index (χ4v) is 4.91. The monoisotopic (exact) mass is 561 g/mol. The van der Waals surface area contributed by atoms with Crippen molar-refractivity contribution >= 4 is 56.5 Å². The average molecular weight is 562 g/mol. The Kier molecular flexibility index (Phi) is 7.88. The van der Waals surface area contributed by atoms with Gasteiger partial charge < -0.3 is 9.84 Å². The van der Waals surface area contributed by atoms with Crippen LogP contribution in [-0.4, -0.2) is 33.6 Å². The summed E-state index contributed by atoms with van der Waals surface area (Å²) in [5, 5.41) is 18.9. The lowest BCUT2D eigenvalue weighted by molar-refractivity contribution is -0.122. The van der Waals surface area contributed by atoms with Gasteiger partial charge in [0.2, 0.25) is 0 Å². The minimum atomic E-state index is -1.01. The Hall–Kier alpha value is -3.87. The van der Waals surface area contributed by atoms with Crippen LogP contribution in [0.3, 0.4) is 0 Å². The van der Waals surface area contributed by atoms with E-state index in [1.54, 1.807) is 35.2 Å². The first-order valence-electron chi connectivity index (χ1n) is 10.9. The number of carbonyl (C=O) groups excluding carboxylic acids is 1. The maximum Gasteiger partial charge on any atom is 0.335 e. The van der Waals surface area contributed by atoms with Crippen LogP contribution in [0, 0.1) is 11.3 Å². The second-order valence-electron chi connectivity index (χ2n) is 7.65. The van der Waals surface area contributed by atoms with Crippen molar-refractivity contribution < 1.29 is 19.4 Å². The molecule has 36 heavy (non-hydrogen) atoms. The molecule has 9 heteroatoms. The zero-order valence-corrected chi connectivity index (χ0v) is 21.5. The Morgan fingerprint density at radius 2 is 1.94 bits per heavy atom. The van der Waals surface area contributed by atoms with Gasteiger partial charge in [-0.15, -0.1) is 0 Å². The smallest absolute Gasteiger partial charge is 0.335 e. The minimum absolute atomic E-state index is 0.168. The van der Waals surface area contributed by atoms with E-state index in [0.717, 1.165) is 10.0 Å². The van der Waals surface area contributed by atoms with Crippen molar-refractivity contribution in [2.24, 2.45) is 4.99 Å². The lowest BCUT2D eigenvalue weighted by Crippen LogP contribution is -2.28. The number of carboxylic acid groups (broad SMARTS) is 1. The van der Waals surface area contributed by atoms with E-state index in [9.17, 15) is 14.9 Å². The van der Waals surface area contributed by atoms with Crippen LogP contribution in [0.5, 0.6) is 5.75 Å². The molecule has 1 amide bonds. The molecule has 4 rings (SSSR count). The van der Waals surface area contributed by atoms with Gasteiger partial charge in [-0.2, -0.15) is 5.26 Å². The number of carboxylic acids is 1. The standard InChI is InChI=1S/C27H20BrN3O4S/c1-2-31-25(32)24(36-27(31)30-22-10-7-17(8-11-22)26(33)34)14-20-13-21(28)9-12-23(20)35-16-19-6-4-3-5-18(19)15-29/h3-14H,2,16H2,1H3,(H,33,34). The van der Waals surface area contributed by atoms with Crippen molar-refractivity contribution in [1.29, 1.82) is 5.26 Å². The number of aromatic carboxylic acids is 1. The summed E-state index contributed by atoms with van der Waals surface area (Å²) >= 11 is 4.73. The first-order chi connectivity index (χ1) is 17.4. The Balaban J connectivity index is 1.62. The van der Waals surface area contributed by atoms with Gasteiger partial charge in [-0.3, -0.25) is 9.69 Å². The van der Waals surface area contributed by atoms with Gasteiger partial charge in [0.25, 0.3) is 5.91 Å². The zero-order chi connectivity index (χ0) is 25.7. The zero-order valence-electron chi connectivity index (χ0n) is 19.1. The molecule has 180 valence electrons. The summed E-state index contributed by atoms with van der Waals surface area (Å²) in [5.41, 5.74) is 2.75. The number of benzene rings is 3. The SMILES string of the molecule is CCN1C(=O)C(=Cc2cc(Br)ccc2OCc2ccccc2C#N)SC1=Nc1ccc(C(=O)O)cc1. The average Bonchev–Trinajstić information content (AvgIpc) is 3.17. The molecule has 0 radical (unpaired) electrons. The highest BCUT2D eigenvalue weighted by molar-refractivity contribution is 9.10. The van der Waals surface area contributed by atoms with Crippen LogP contribution < -0.4 is 4.74 Å². The second kappa shape index (κ2) is 11.2. The Labute approximate surface area is 220 Å². The fraction of sp³-hybridized carbons (Fsp3) is 0.111. The molecule has 1 aliphatic heterocycles. The van der Waals surface area contributed by atoms with Gasteiger partial charge in [0.1, 0.15) is 12.4 Å². The van der Waals surface area contributed by atoms with Gasteiger partial charge in [0.15, 0.2) is 5.17 Å². The number of thioether (sulfide) groups is 1. The highest BCUT2D eigenvalue weighted by atomic mass is 79.9. The van der Waals surface area contributed by atoms with Gasteiger partial charge >= 0.3 is 5.97 Å². The van der Waals surface area contributed by atoms with Crippen molar-refractivity contribution in [3.05, 3.63) is 98.4 Å². The van der Waals surface area contributed by atoms with Crippen LogP contribution in [0.15, 0.2) is 81.1 Å². The summed E-state index contributed by atoms with van der Waals surface area (Å²) in [6.45, 7) is 2.51. The quantitative estimate of drug-likeness (QED) is 0.343. The van der Waals surface area contributed by atoms with Crippen LogP contribution in [0.4, 0.5) is 5.69 Å². The fourth-order valence-electron chi connectivity index (χ4n) is 3.47. The molecule has 0 bridgehead atoms. The number of nitriles is 1. The number of ether oxygens (including phenoxy) is 1. The summed E-state index contributed by atoms with van der Waals surface area (Å²) in [7, 11) is 0. The van der Waals surface area contributed by atoms with E-state index in [2.05, 4.69) is 27.0 Å². The summed E-state index contributed by atoms with van der Waals surface area (Å²) in [4.78, 5) is 30.9. The second-order valence-corrected chi connectivity index (χ2v) is 9.57. The lowest BCUT2D eigenvalue weighted by Gasteiger charge is -2.12. The number of hydrogen-bond donors (Lipinski definition) is 1. The predicted molar refractivity (Wildman–Crippen MR) is 143 cm³/mol. The van der Waals surface area contributed by atoms with E-state index in [4.69, 9.17) is 9.84 Å². The molecule has 1 N–H and O–H groups in total. The molecule has 0 unspecified atom stereocenters. The van der Waals surface area contributed by atoms with E-state index in [-0.39, 0.29) is 18.1 Å². The number of likely N-dealkylation sites (N-methyl/N-ethyl adjacent to an activating group) is 1. The maximum absolute atomic E-state index is 13.1. The molecule has 0 saturated carbocycles. The van der Waals surface area contributed by atoms with Crippen LogP contribution in [0.25, 0.3) is 6.08 Å². The Bertz CT molecular complexity index is 1430. The predicted octanol–water partition coefficient (Wildman–Crippen LogP) is 6.22. The minimum Gasteiger partial charge on any atom is -0.488 e. The molecule has 1 fully saturated rings. The maximum atomic E-state index is 13.1. The topological polar surface area (TPSA) is 103 Å². The van der Waals surface area contributed by atoms with Crippen LogP contribution in [-0.2, 0) is 11.4 Å². The number of aliphatic imine (C=N–C) groups is 1. The third kappa shape index (κ3) is 5.67. The molecular formula is C27H20BrN3O4S. The molecule has 0 atom stereocenters. The number of rotatable bonds is 7. The van der Waals surface area contributed by atoms with E-state index < -0.39 is 5.97 Å². The largest absolute Gasteiger partial charge is 0.488 e.